The first kappa shape index (κ1) is 18.2. The molecule has 3 rings (SSSR count). The summed E-state index contributed by atoms with van der Waals surface area (Å²) in [4.78, 5) is 18.6. The normalized spacial score (nSPS) is 11.8. The molecule has 0 aliphatic carbocycles. The Balaban J connectivity index is 1.79. The molecule has 0 radical (unpaired) electrons. The van der Waals surface area contributed by atoms with Crippen molar-refractivity contribution in [3.8, 4) is 16.5 Å². The van der Waals surface area contributed by atoms with E-state index in [2.05, 4.69) is 20.7 Å². The second-order valence-corrected chi connectivity index (χ2v) is 7.80. The molecule has 1 unspecified atom stereocenters. The Morgan fingerprint density at radius 3 is 2.96 bits per heavy atom. The molecule has 1 atom stereocenters. The molecule has 6 nitrogen and oxygen atoms in total. The molecule has 0 saturated carbocycles. The summed E-state index contributed by atoms with van der Waals surface area (Å²) < 4.78 is 4.13. The smallest absolute Gasteiger partial charge is 0.258 e. The van der Waals surface area contributed by atoms with E-state index in [-0.39, 0.29) is 5.91 Å². The van der Waals surface area contributed by atoms with E-state index in [0.717, 1.165) is 26.9 Å². The number of hydrogen-bond acceptors (Lipinski definition) is 7. The van der Waals surface area contributed by atoms with Gasteiger partial charge in [-0.05, 0) is 37.6 Å². The topological polar surface area (TPSA) is 98.9 Å². The fourth-order valence-electron chi connectivity index (χ4n) is 2.41. The third-order valence-corrected chi connectivity index (χ3v) is 5.37. The number of carbonyl (C=O) groups excluding carboxylic acids is 1. The van der Waals surface area contributed by atoms with Gasteiger partial charge in [0.2, 0.25) is 5.13 Å². The van der Waals surface area contributed by atoms with Gasteiger partial charge in [-0.2, -0.15) is 9.64 Å². The molecule has 0 fully saturated rings. The summed E-state index contributed by atoms with van der Waals surface area (Å²) in [7, 11) is 0. The van der Waals surface area contributed by atoms with Crippen molar-refractivity contribution in [3.05, 3.63) is 52.2 Å². The van der Waals surface area contributed by atoms with Gasteiger partial charge in [0.05, 0.1) is 23.3 Å². The number of aliphatic hydroxyl groups is 1. The second kappa shape index (κ2) is 7.74. The number of amides is 1. The maximum atomic E-state index is 12.6. The van der Waals surface area contributed by atoms with Gasteiger partial charge < -0.3 is 5.11 Å². The SMILES string of the molecule is Cc1sc(-c2cccc(C#N)c2)cc1C(=O)Nc1nc(CC(C)O)ns1. The van der Waals surface area contributed by atoms with Gasteiger partial charge in [0.15, 0.2) is 0 Å². The first-order valence-corrected chi connectivity index (χ1v) is 9.48. The van der Waals surface area contributed by atoms with Crippen LogP contribution in [0.25, 0.3) is 10.4 Å². The van der Waals surface area contributed by atoms with Gasteiger partial charge in [0.1, 0.15) is 5.82 Å². The average Bonchev–Trinajstić information content (AvgIpc) is 3.20. The van der Waals surface area contributed by atoms with Crippen LogP contribution in [0.1, 0.15) is 33.5 Å². The summed E-state index contributed by atoms with van der Waals surface area (Å²) in [5, 5.41) is 21.6. The van der Waals surface area contributed by atoms with Crippen LogP contribution in [-0.4, -0.2) is 26.5 Å². The number of anilines is 1. The van der Waals surface area contributed by atoms with Crippen LogP contribution in [0, 0.1) is 18.3 Å². The summed E-state index contributed by atoms with van der Waals surface area (Å²) in [6, 6.07) is 11.2. The number of nitrogens with one attached hydrogen (secondary N) is 1. The Morgan fingerprint density at radius 2 is 2.23 bits per heavy atom. The number of aromatic nitrogens is 2. The van der Waals surface area contributed by atoms with Gasteiger partial charge in [0.25, 0.3) is 5.91 Å². The van der Waals surface area contributed by atoms with Crippen molar-refractivity contribution in [1.29, 1.82) is 5.26 Å². The molecule has 0 bridgehead atoms. The van der Waals surface area contributed by atoms with Crippen LogP contribution in [0.4, 0.5) is 5.13 Å². The Morgan fingerprint density at radius 1 is 1.42 bits per heavy atom. The predicted octanol–water partition coefficient (Wildman–Crippen LogP) is 3.62. The highest BCUT2D eigenvalue weighted by Crippen LogP contribution is 2.32. The summed E-state index contributed by atoms with van der Waals surface area (Å²) in [6.45, 7) is 3.55. The monoisotopic (exact) mass is 384 g/mol. The third-order valence-electron chi connectivity index (χ3n) is 3.61. The minimum atomic E-state index is -0.529. The number of carbonyl (C=O) groups is 1. The quantitative estimate of drug-likeness (QED) is 0.700. The number of benzene rings is 1. The zero-order chi connectivity index (χ0) is 18.7. The summed E-state index contributed by atoms with van der Waals surface area (Å²) >= 11 is 2.59. The minimum absolute atomic E-state index is 0.249. The molecule has 2 heterocycles. The number of aliphatic hydroxyl groups excluding tert-OH is 1. The van der Waals surface area contributed by atoms with Gasteiger partial charge in [-0.15, -0.1) is 11.3 Å². The van der Waals surface area contributed by atoms with Crippen molar-refractivity contribution in [1.82, 2.24) is 9.36 Å². The zero-order valence-electron chi connectivity index (χ0n) is 14.2. The maximum absolute atomic E-state index is 12.6. The van der Waals surface area contributed by atoms with E-state index in [0.29, 0.717) is 28.5 Å². The van der Waals surface area contributed by atoms with Crippen molar-refractivity contribution in [2.45, 2.75) is 26.4 Å². The molecule has 132 valence electrons. The van der Waals surface area contributed by atoms with Crippen LogP contribution in [-0.2, 0) is 6.42 Å². The van der Waals surface area contributed by atoms with Crippen LogP contribution in [0.3, 0.4) is 0 Å². The summed E-state index contributed by atoms with van der Waals surface area (Å²) in [5.41, 5.74) is 2.06. The van der Waals surface area contributed by atoms with Crippen LogP contribution in [0.15, 0.2) is 30.3 Å². The van der Waals surface area contributed by atoms with Crippen molar-refractivity contribution < 1.29 is 9.90 Å². The molecule has 2 N–H and O–H groups in total. The molecule has 8 heteroatoms. The van der Waals surface area contributed by atoms with E-state index in [9.17, 15) is 9.90 Å². The number of rotatable bonds is 5. The number of nitriles is 1. The predicted molar refractivity (Wildman–Crippen MR) is 102 cm³/mol. The van der Waals surface area contributed by atoms with Crippen molar-refractivity contribution in [2.75, 3.05) is 5.32 Å². The summed E-state index contributed by atoms with van der Waals surface area (Å²) in [5.74, 6) is 0.262. The molecule has 0 saturated heterocycles. The lowest BCUT2D eigenvalue weighted by Crippen LogP contribution is -2.12. The Hall–Kier alpha value is -2.60. The molecular weight excluding hydrogens is 368 g/mol. The highest BCUT2D eigenvalue weighted by atomic mass is 32.1. The largest absolute Gasteiger partial charge is 0.393 e. The van der Waals surface area contributed by atoms with E-state index in [1.807, 2.05) is 25.1 Å². The first-order chi connectivity index (χ1) is 12.5. The standard InChI is InChI=1S/C18H16N4O2S2/c1-10(23)6-16-20-18(26-22-16)21-17(24)14-8-15(25-11(14)2)13-5-3-4-12(7-13)9-19/h3-5,7-8,10,23H,6H2,1-2H3,(H,20,21,22,24). The lowest BCUT2D eigenvalue weighted by atomic mass is 10.1. The zero-order valence-corrected chi connectivity index (χ0v) is 15.8. The number of nitrogens with zero attached hydrogens (tertiary/aromatic N) is 3. The van der Waals surface area contributed by atoms with Gasteiger partial charge in [-0.25, -0.2) is 4.98 Å². The fraction of sp³-hybridized carbons (Fsp3) is 0.222. The van der Waals surface area contributed by atoms with E-state index in [1.165, 1.54) is 11.3 Å². The molecule has 1 aromatic carbocycles. The van der Waals surface area contributed by atoms with E-state index < -0.39 is 6.10 Å². The molecule has 0 aliphatic rings. The van der Waals surface area contributed by atoms with Crippen LogP contribution >= 0.6 is 22.9 Å². The maximum Gasteiger partial charge on any atom is 0.258 e. The molecule has 0 spiro atoms. The Kier molecular flexibility index (Phi) is 5.42. The highest BCUT2D eigenvalue weighted by Gasteiger charge is 2.17. The van der Waals surface area contributed by atoms with Crippen molar-refractivity contribution in [2.24, 2.45) is 0 Å². The Labute approximate surface area is 158 Å². The summed E-state index contributed by atoms with van der Waals surface area (Å²) in [6.07, 6.45) is -0.178. The van der Waals surface area contributed by atoms with Crippen molar-refractivity contribution >= 4 is 33.9 Å². The van der Waals surface area contributed by atoms with Crippen LogP contribution < -0.4 is 5.32 Å². The number of aryl methyl sites for hydroxylation is 1. The Bertz CT molecular complexity index is 985. The molecule has 26 heavy (non-hydrogen) atoms. The second-order valence-electron chi connectivity index (χ2n) is 5.80. The highest BCUT2D eigenvalue weighted by molar-refractivity contribution is 7.15. The lowest BCUT2D eigenvalue weighted by Gasteiger charge is -2.00. The molecule has 0 aliphatic heterocycles. The lowest BCUT2D eigenvalue weighted by molar-refractivity contribution is 0.102. The number of thiophene rings is 1. The van der Waals surface area contributed by atoms with Gasteiger partial charge in [0, 0.05) is 27.7 Å². The van der Waals surface area contributed by atoms with E-state index >= 15 is 0 Å². The molecule has 1 amide bonds. The fourth-order valence-corrected chi connectivity index (χ4v) is 4.01. The van der Waals surface area contributed by atoms with Gasteiger partial charge >= 0.3 is 0 Å². The minimum Gasteiger partial charge on any atom is -0.393 e. The van der Waals surface area contributed by atoms with E-state index in [1.54, 1.807) is 19.1 Å². The molecule has 2 aromatic heterocycles. The average molecular weight is 384 g/mol. The van der Waals surface area contributed by atoms with Crippen LogP contribution in [0.2, 0.25) is 0 Å². The first-order valence-electron chi connectivity index (χ1n) is 7.89. The molecular formula is C18H16N4O2S2. The number of hydrogen-bond donors (Lipinski definition) is 2. The molecule has 3 aromatic rings. The van der Waals surface area contributed by atoms with Gasteiger partial charge in [-0.3, -0.25) is 10.1 Å². The van der Waals surface area contributed by atoms with E-state index in [4.69, 9.17) is 5.26 Å². The van der Waals surface area contributed by atoms with Crippen molar-refractivity contribution in [3.63, 3.8) is 0 Å². The van der Waals surface area contributed by atoms with Gasteiger partial charge in [-0.1, -0.05) is 12.1 Å². The van der Waals surface area contributed by atoms with Crippen LogP contribution in [0.5, 0.6) is 0 Å². The third kappa shape index (κ3) is 4.14.